The van der Waals surface area contributed by atoms with Crippen LogP contribution in [0.4, 0.5) is 4.79 Å². The maximum atomic E-state index is 11.1. The van der Waals surface area contributed by atoms with Crippen LogP contribution in [0.25, 0.3) is 0 Å². The molecule has 0 aliphatic rings. The van der Waals surface area contributed by atoms with Crippen molar-refractivity contribution in [1.29, 1.82) is 0 Å². The fourth-order valence-corrected chi connectivity index (χ4v) is 0.766. The first kappa shape index (κ1) is 13.8. The van der Waals surface area contributed by atoms with E-state index in [1.54, 1.807) is 12.3 Å². The number of nitrogens with one attached hydrogen (secondary N) is 1. The van der Waals surface area contributed by atoms with Gasteiger partial charge in [0.2, 0.25) is 0 Å². The van der Waals surface area contributed by atoms with Crippen LogP contribution in [-0.2, 0) is 4.74 Å². The van der Waals surface area contributed by atoms with Crippen LogP contribution in [0, 0.1) is 5.92 Å². The fraction of sp³-hybridized carbons (Fsp3) is 0.583. The molecule has 0 rings (SSSR count). The molecule has 86 valence electrons. The number of carbonyl (C=O) groups is 1. The summed E-state index contributed by atoms with van der Waals surface area (Å²) in [7, 11) is 0. The van der Waals surface area contributed by atoms with E-state index in [9.17, 15) is 4.79 Å². The predicted molar refractivity (Wildman–Crippen MR) is 62.5 cm³/mol. The van der Waals surface area contributed by atoms with Gasteiger partial charge < -0.3 is 4.74 Å². The molecule has 15 heavy (non-hydrogen) atoms. The first-order chi connectivity index (χ1) is 6.81. The Labute approximate surface area is 92.2 Å². The number of hydrogen-bond acceptors (Lipinski definition) is 2. The molecule has 0 aromatic heterocycles. The van der Waals surface area contributed by atoms with Crippen LogP contribution in [0.3, 0.4) is 0 Å². The van der Waals surface area contributed by atoms with Gasteiger partial charge >= 0.3 is 6.09 Å². The first-order valence-corrected chi connectivity index (χ1v) is 5.14. The van der Waals surface area contributed by atoms with Crippen LogP contribution < -0.4 is 5.32 Å². The monoisotopic (exact) mass is 211 g/mol. The second-order valence-corrected chi connectivity index (χ2v) is 4.63. The van der Waals surface area contributed by atoms with Crippen molar-refractivity contribution in [1.82, 2.24) is 5.32 Å². The molecule has 0 bridgehead atoms. The largest absolute Gasteiger partial charge is 0.444 e. The molecule has 0 aromatic rings. The van der Waals surface area contributed by atoms with Gasteiger partial charge in [-0.15, -0.1) is 0 Å². The van der Waals surface area contributed by atoms with Gasteiger partial charge in [0.25, 0.3) is 0 Å². The van der Waals surface area contributed by atoms with E-state index < -0.39 is 11.7 Å². The molecule has 3 nitrogen and oxygen atoms in total. The van der Waals surface area contributed by atoms with Gasteiger partial charge in [0.15, 0.2) is 0 Å². The minimum atomic E-state index is -0.453. The van der Waals surface area contributed by atoms with Crippen LogP contribution in [0.15, 0.2) is 24.4 Å². The minimum Gasteiger partial charge on any atom is -0.444 e. The molecular formula is C12H21NO2. The molecule has 0 aliphatic heterocycles. The molecule has 0 aliphatic carbocycles. The summed E-state index contributed by atoms with van der Waals surface area (Å²) in [5.74, 6) is 0.510. The molecule has 0 aromatic carbocycles. The fourth-order valence-electron chi connectivity index (χ4n) is 0.766. The normalized spacial score (nSPS) is 12.7. The SMILES string of the molecule is CC(C)/C=C/C=C/NC(=O)OC(C)(C)C. The molecule has 0 saturated heterocycles. The molecule has 0 spiro atoms. The van der Waals surface area contributed by atoms with Crippen molar-refractivity contribution in [2.45, 2.75) is 40.2 Å². The van der Waals surface area contributed by atoms with Crippen molar-refractivity contribution < 1.29 is 9.53 Å². The zero-order valence-corrected chi connectivity index (χ0v) is 10.2. The summed E-state index contributed by atoms with van der Waals surface area (Å²) in [4.78, 5) is 11.1. The Morgan fingerprint density at radius 1 is 1.27 bits per heavy atom. The van der Waals surface area contributed by atoms with Crippen molar-refractivity contribution in [3.05, 3.63) is 24.4 Å². The van der Waals surface area contributed by atoms with Crippen molar-refractivity contribution in [3.8, 4) is 0 Å². The van der Waals surface area contributed by atoms with Crippen molar-refractivity contribution >= 4 is 6.09 Å². The number of rotatable bonds is 3. The van der Waals surface area contributed by atoms with Crippen LogP contribution in [-0.4, -0.2) is 11.7 Å². The molecule has 1 N–H and O–H groups in total. The molecule has 0 radical (unpaired) electrons. The number of allylic oxidation sites excluding steroid dienone is 3. The summed E-state index contributed by atoms with van der Waals surface area (Å²) >= 11 is 0. The van der Waals surface area contributed by atoms with Gasteiger partial charge in [0.05, 0.1) is 0 Å². The summed E-state index contributed by atoms with van der Waals surface area (Å²) < 4.78 is 5.04. The lowest BCUT2D eigenvalue weighted by Gasteiger charge is -2.18. The number of alkyl carbamates (subject to hydrolysis) is 1. The van der Waals surface area contributed by atoms with Crippen LogP contribution in [0.5, 0.6) is 0 Å². The Kier molecular flexibility index (Phi) is 5.75. The van der Waals surface area contributed by atoms with E-state index in [-0.39, 0.29) is 0 Å². The van der Waals surface area contributed by atoms with Crippen LogP contribution >= 0.6 is 0 Å². The summed E-state index contributed by atoms with van der Waals surface area (Å²) in [5, 5.41) is 2.52. The lowest BCUT2D eigenvalue weighted by atomic mass is 10.2. The molecule has 0 saturated carbocycles. The summed E-state index contributed by atoms with van der Waals surface area (Å²) in [5.41, 5.74) is -0.453. The molecule has 0 unspecified atom stereocenters. The highest BCUT2D eigenvalue weighted by Gasteiger charge is 2.14. The molecule has 0 heterocycles. The van der Waals surface area contributed by atoms with Gasteiger partial charge in [-0.1, -0.05) is 26.0 Å². The first-order valence-electron chi connectivity index (χ1n) is 5.14. The standard InChI is InChI=1S/C12H21NO2/c1-10(2)8-6-7-9-13-11(14)15-12(3,4)5/h6-10H,1-5H3,(H,13,14)/b8-6+,9-7+. The van der Waals surface area contributed by atoms with Crippen LogP contribution in [0.1, 0.15) is 34.6 Å². The van der Waals surface area contributed by atoms with E-state index in [1.165, 1.54) is 0 Å². The van der Waals surface area contributed by atoms with E-state index in [0.29, 0.717) is 5.92 Å². The number of amides is 1. The number of hydrogen-bond donors (Lipinski definition) is 1. The van der Waals surface area contributed by atoms with E-state index in [2.05, 4.69) is 19.2 Å². The van der Waals surface area contributed by atoms with E-state index in [4.69, 9.17) is 4.74 Å². The number of ether oxygens (including phenoxy) is 1. The van der Waals surface area contributed by atoms with Gasteiger partial charge in [-0.05, 0) is 32.8 Å². The second kappa shape index (κ2) is 6.27. The molecular weight excluding hydrogens is 190 g/mol. The van der Waals surface area contributed by atoms with E-state index in [0.717, 1.165) is 0 Å². The predicted octanol–water partition coefficient (Wildman–Crippen LogP) is 3.24. The quantitative estimate of drug-likeness (QED) is 0.728. The van der Waals surface area contributed by atoms with Gasteiger partial charge in [-0.3, -0.25) is 5.32 Å². The third-order valence-corrected chi connectivity index (χ3v) is 1.30. The van der Waals surface area contributed by atoms with Gasteiger partial charge in [-0.2, -0.15) is 0 Å². The van der Waals surface area contributed by atoms with E-state index in [1.807, 2.05) is 32.9 Å². The Bertz CT molecular complexity index is 247. The molecule has 0 atom stereocenters. The zero-order valence-electron chi connectivity index (χ0n) is 10.2. The summed E-state index contributed by atoms with van der Waals surface area (Å²) in [6.45, 7) is 9.66. The third-order valence-electron chi connectivity index (χ3n) is 1.30. The maximum absolute atomic E-state index is 11.1. The smallest absolute Gasteiger partial charge is 0.411 e. The van der Waals surface area contributed by atoms with Crippen molar-refractivity contribution in [3.63, 3.8) is 0 Å². The van der Waals surface area contributed by atoms with Crippen LogP contribution in [0.2, 0.25) is 0 Å². The van der Waals surface area contributed by atoms with Gasteiger partial charge in [-0.25, -0.2) is 4.79 Å². The van der Waals surface area contributed by atoms with Crippen molar-refractivity contribution in [2.24, 2.45) is 5.92 Å². The Morgan fingerprint density at radius 2 is 1.87 bits per heavy atom. The van der Waals surface area contributed by atoms with Gasteiger partial charge in [0.1, 0.15) is 5.60 Å². The molecule has 0 fully saturated rings. The van der Waals surface area contributed by atoms with Gasteiger partial charge in [0, 0.05) is 6.20 Å². The van der Waals surface area contributed by atoms with Crippen molar-refractivity contribution in [2.75, 3.05) is 0 Å². The summed E-state index contributed by atoms with van der Waals surface area (Å²) in [6, 6.07) is 0. The Balaban J connectivity index is 3.81. The topological polar surface area (TPSA) is 38.3 Å². The third kappa shape index (κ3) is 10.7. The Hall–Kier alpha value is -1.25. The molecule has 3 heteroatoms. The lowest BCUT2D eigenvalue weighted by Crippen LogP contribution is -2.29. The maximum Gasteiger partial charge on any atom is 0.411 e. The minimum absolute atomic E-state index is 0.434. The highest BCUT2D eigenvalue weighted by Crippen LogP contribution is 2.06. The van der Waals surface area contributed by atoms with E-state index >= 15 is 0 Å². The highest BCUT2D eigenvalue weighted by molar-refractivity contribution is 5.68. The molecule has 1 amide bonds. The zero-order chi connectivity index (χ0) is 11.9. The average Bonchev–Trinajstić information content (AvgIpc) is 1.99. The average molecular weight is 211 g/mol. The second-order valence-electron chi connectivity index (χ2n) is 4.63. The highest BCUT2D eigenvalue weighted by atomic mass is 16.6. The lowest BCUT2D eigenvalue weighted by molar-refractivity contribution is 0.0552. The number of carbonyl (C=O) groups excluding carboxylic acids is 1. The Morgan fingerprint density at radius 3 is 2.33 bits per heavy atom. The summed E-state index contributed by atoms with van der Waals surface area (Å²) in [6.07, 6.45) is 6.82.